The summed E-state index contributed by atoms with van der Waals surface area (Å²) in [5, 5.41) is 8.26. The second-order valence-electron chi connectivity index (χ2n) is 1.39. The van der Waals surface area contributed by atoms with Crippen molar-refractivity contribution in [3.8, 4) is 6.07 Å². The predicted octanol–water partition coefficient (Wildman–Crippen LogP) is 1.93. The zero-order valence-electron chi connectivity index (χ0n) is 5.37. The summed E-state index contributed by atoms with van der Waals surface area (Å²) in [6.45, 7) is 0. The van der Waals surface area contributed by atoms with Gasteiger partial charge in [-0.1, -0.05) is 5.56 Å². The summed E-state index contributed by atoms with van der Waals surface area (Å²) in [6.07, 6.45) is 0. The first-order valence-electron chi connectivity index (χ1n) is 2.30. The third-order valence-corrected chi connectivity index (χ3v) is 0.830. The van der Waals surface area contributed by atoms with E-state index >= 15 is 0 Å². The average Bonchev–Trinajstić information content (AvgIpc) is 1.90. The number of hydrogen-bond acceptors (Lipinski definition) is 1. The van der Waals surface area contributed by atoms with Gasteiger partial charge in [-0.2, -0.15) is 0 Å². The number of halogens is 1. The molecule has 0 saturated heterocycles. The number of nitrogens with zero attached hydrogens (tertiary/aromatic N) is 1. The van der Waals surface area contributed by atoms with Gasteiger partial charge in [0, 0.05) is 19.5 Å². The molecule has 1 nitrogen and oxygen atoms in total. The fraction of sp³-hybridized carbons (Fsp3) is 0. The molecule has 0 fully saturated rings. The van der Waals surface area contributed by atoms with E-state index in [9.17, 15) is 0 Å². The van der Waals surface area contributed by atoms with Crippen molar-refractivity contribution in [2.45, 2.75) is 0 Å². The molecule has 0 amide bonds. The van der Waals surface area contributed by atoms with Crippen molar-refractivity contribution < 1.29 is 19.5 Å². The molecule has 1 aromatic carbocycles. The molecule has 0 heterocycles. The fourth-order valence-corrected chi connectivity index (χ4v) is 0.463. The Morgan fingerprint density at radius 2 is 2.10 bits per heavy atom. The molecule has 0 N–H and O–H groups in total. The van der Waals surface area contributed by atoms with Gasteiger partial charge in [0.05, 0.1) is 0 Å². The summed E-state index contributed by atoms with van der Waals surface area (Å²) >= 11 is 0. The van der Waals surface area contributed by atoms with Crippen molar-refractivity contribution in [1.29, 1.82) is 5.26 Å². The Balaban J connectivity index is 0. The minimum Gasteiger partial charge on any atom is -0.262 e. The molecule has 0 spiro atoms. The van der Waals surface area contributed by atoms with E-state index in [1.165, 1.54) is 0 Å². The SMILES string of the molecule is Br.N#Cc1[c-]cccc1.[Zn]. The van der Waals surface area contributed by atoms with Crippen LogP contribution in [0.1, 0.15) is 5.56 Å². The number of nitriles is 1. The zero-order valence-corrected chi connectivity index (χ0v) is 10.1. The van der Waals surface area contributed by atoms with E-state index in [4.69, 9.17) is 5.26 Å². The number of rotatable bonds is 0. The van der Waals surface area contributed by atoms with Crippen molar-refractivity contribution in [3.63, 3.8) is 0 Å². The Kier molecular flexibility index (Phi) is 8.65. The third-order valence-electron chi connectivity index (χ3n) is 0.830. The molecule has 0 unspecified atom stereocenters. The van der Waals surface area contributed by atoms with Crippen LogP contribution in [-0.4, -0.2) is 0 Å². The summed E-state index contributed by atoms with van der Waals surface area (Å²) in [4.78, 5) is 0. The van der Waals surface area contributed by atoms with Crippen molar-refractivity contribution >= 4 is 17.0 Å². The summed E-state index contributed by atoms with van der Waals surface area (Å²) in [5.74, 6) is 0. The van der Waals surface area contributed by atoms with Crippen LogP contribution in [0.15, 0.2) is 24.3 Å². The maximum absolute atomic E-state index is 8.26. The topological polar surface area (TPSA) is 23.8 Å². The largest absolute Gasteiger partial charge is 0.262 e. The van der Waals surface area contributed by atoms with Crippen molar-refractivity contribution in [2.24, 2.45) is 0 Å². The molecule has 10 heavy (non-hydrogen) atoms. The first-order valence-corrected chi connectivity index (χ1v) is 2.30. The van der Waals surface area contributed by atoms with Crippen molar-refractivity contribution in [3.05, 3.63) is 35.9 Å². The maximum atomic E-state index is 8.26. The number of hydrogen-bond donors (Lipinski definition) is 0. The monoisotopic (exact) mass is 246 g/mol. The van der Waals surface area contributed by atoms with E-state index in [1.54, 1.807) is 12.1 Å². The summed E-state index contributed by atoms with van der Waals surface area (Å²) in [6, 6.07) is 11.8. The smallest absolute Gasteiger partial charge is 0 e. The first-order chi connectivity index (χ1) is 3.93. The molecule has 3 heteroatoms. The molecule has 0 aliphatic heterocycles. The van der Waals surface area contributed by atoms with Crippen LogP contribution in [0.2, 0.25) is 0 Å². The van der Waals surface area contributed by atoms with Gasteiger partial charge < -0.3 is 0 Å². The molecule has 0 aromatic heterocycles. The van der Waals surface area contributed by atoms with E-state index in [2.05, 4.69) is 6.07 Å². The third kappa shape index (κ3) is 3.77. The van der Waals surface area contributed by atoms with Gasteiger partial charge in [0.1, 0.15) is 0 Å². The molecular formula is C7H5BrNZn-. The Labute approximate surface area is 83.6 Å². The van der Waals surface area contributed by atoms with Crippen molar-refractivity contribution in [2.75, 3.05) is 0 Å². The minimum absolute atomic E-state index is 0. The van der Waals surface area contributed by atoms with Crippen molar-refractivity contribution in [1.82, 2.24) is 0 Å². The molecule has 0 saturated carbocycles. The van der Waals surface area contributed by atoms with Gasteiger partial charge in [-0.15, -0.1) is 47.3 Å². The van der Waals surface area contributed by atoms with E-state index < -0.39 is 0 Å². The normalized spacial score (nSPS) is 6.30. The van der Waals surface area contributed by atoms with Crippen LogP contribution in [-0.2, 0) is 19.5 Å². The molecule has 1 aromatic rings. The number of benzene rings is 1. The van der Waals surface area contributed by atoms with Gasteiger partial charge in [0.25, 0.3) is 0 Å². The van der Waals surface area contributed by atoms with Gasteiger partial charge >= 0.3 is 0 Å². The van der Waals surface area contributed by atoms with Crippen LogP contribution < -0.4 is 0 Å². The molecule has 48 valence electrons. The fourth-order valence-electron chi connectivity index (χ4n) is 0.463. The maximum Gasteiger partial charge on any atom is 0 e. The Morgan fingerprint density at radius 1 is 1.40 bits per heavy atom. The Bertz CT molecular complexity index is 205. The molecule has 0 radical (unpaired) electrons. The molecule has 1 rings (SSSR count). The second-order valence-corrected chi connectivity index (χ2v) is 1.39. The molecule has 0 atom stereocenters. The first kappa shape index (κ1) is 12.5. The van der Waals surface area contributed by atoms with Crippen LogP contribution in [0.3, 0.4) is 0 Å². The van der Waals surface area contributed by atoms with Gasteiger partial charge in [0.15, 0.2) is 0 Å². The zero-order chi connectivity index (χ0) is 5.82. The van der Waals surface area contributed by atoms with Gasteiger partial charge in [0.2, 0.25) is 0 Å². The van der Waals surface area contributed by atoms with Crippen LogP contribution in [0.4, 0.5) is 0 Å². The predicted molar refractivity (Wildman–Crippen MR) is 40.3 cm³/mol. The summed E-state index contributed by atoms with van der Waals surface area (Å²) in [5.41, 5.74) is 0.590. The van der Waals surface area contributed by atoms with Crippen LogP contribution >= 0.6 is 17.0 Å². The summed E-state index contributed by atoms with van der Waals surface area (Å²) < 4.78 is 0. The second kappa shape index (κ2) is 6.93. The van der Waals surface area contributed by atoms with Gasteiger partial charge in [-0.3, -0.25) is 5.26 Å². The standard InChI is InChI=1S/C7H4N.BrH.Zn/c8-6-7-4-2-1-3-5-7;;/h1-4H;1H;/q-1;;. The molecule has 0 aliphatic rings. The molecular weight excluding hydrogens is 243 g/mol. The minimum atomic E-state index is 0. The van der Waals surface area contributed by atoms with Crippen LogP contribution in [0.25, 0.3) is 0 Å². The average molecular weight is 248 g/mol. The van der Waals surface area contributed by atoms with Crippen LogP contribution in [0.5, 0.6) is 0 Å². The van der Waals surface area contributed by atoms with Gasteiger partial charge in [-0.05, 0) is 6.07 Å². The van der Waals surface area contributed by atoms with E-state index in [-0.39, 0.29) is 36.5 Å². The van der Waals surface area contributed by atoms with Gasteiger partial charge in [-0.25, -0.2) is 0 Å². The molecule has 0 bridgehead atoms. The van der Waals surface area contributed by atoms with E-state index in [1.807, 2.05) is 18.2 Å². The Hall–Kier alpha value is -0.187. The quantitative estimate of drug-likeness (QED) is 0.508. The molecule has 0 aliphatic carbocycles. The summed E-state index contributed by atoms with van der Waals surface area (Å²) in [7, 11) is 0. The Morgan fingerprint density at radius 3 is 2.40 bits per heavy atom. The van der Waals surface area contributed by atoms with E-state index in [0.29, 0.717) is 5.56 Å². The van der Waals surface area contributed by atoms with E-state index in [0.717, 1.165) is 0 Å². The van der Waals surface area contributed by atoms with Crippen LogP contribution in [0, 0.1) is 17.4 Å².